The van der Waals surface area contributed by atoms with Crippen molar-refractivity contribution in [1.29, 1.82) is 0 Å². The van der Waals surface area contributed by atoms with E-state index in [1.165, 1.54) is 25.9 Å². The summed E-state index contributed by atoms with van der Waals surface area (Å²) in [5, 5.41) is 3.36. The Kier molecular flexibility index (Phi) is 1.66. The Bertz CT molecular complexity index is 110. The second kappa shape index (κ2) is 2.51. The van der Waals surface area contributed by atoms with E-state index in [0.717, 1.165) is 13.2 Å². The fraction of sp³-hybridized carbons (Fsp3) is 0.875. The summed E-state index contributed by atoms with van der Waals surface area (Å²) in [7, 11) is 0. The Hall–Kier alpha value is -0.0800. The molecule has 0 atom stereocenters. The number of hydrogen-bond acceptors (Lipinski definition) is 2. The number of rotatable bonds is 0. The molecule has 1 N–H and O–H groups in total. The topological polar surface area (TPSA) is 21.3 Å². The Balaban J connectivity index is 1.98. The first-order valence-electron chi connectivity index (χ1n) is 4.04. The summed E-state index contributed by atoms with van der Waals surface area (Å²) in [4.78, 5) is 0. The third-order valence-electron chi connectivity index (χ3n) is 2.62. The molecule has 57 valence electrons. The van der Waals surface area contributed by atoms with Gasteiger partial charge in [0.1, 0.15) is 0 Å². The van der Waals surface area contributed by atoms with Crippen LogP contribution in [0.15, 0.2) is 0 Å². The molecule has 0 aromatic rings. The van der Waals surface area contributed by atoms with E-state index in [-0.39, 0.29) is 0 Å². The summed E-state index contributed by atoms with van der Waals surface area (Å²) in [6.07, 6.45) is 4.90. The fourth-order valence-electron chi connectivity index (χ4n) is 1.83. The quantitative estimate of drug-likeness (QED) is 0.531. The van der Waals surface area contributed by atoms with Gasteiger partial charge in [-0.1, -0.05) is 0 Å². The van der Waals surface area contributed by atoms with Crippen molar-refractivity contribution >= 4 is 0 Å². The third-order valence-corrected chi connectivity index (χ3v) is 2.62. The minimum absolute atomic E-state index is 0.464. The van der Waals surface area contributed by atoms with Crippen LogP contribution in [0.4, 0.5) is 0 Å². The Morgan fingerprint density at radius 2 is 2.10 bits per heavy atom. The van der Waals surface area contributed by atoms with E-state index in [1.54, 1.807) is 0 Å². The lowest BCUT2D eigenvalue weighted by Gasteiger charge is -2.31. The number of piperidine rings is 1. The van der Waals surface area contributed by atoms with Crippen LogP contribution in [0.5, 0.6) is 0 Å². The van der Waals surface area contributed by atoms with Crippen molar-refractivity contribution in [3.63, 3.8) is 0 Å². The molecule has 0 aromatic heterocycles. The molecule has 0 aromatic carbocycles. The Morgan fingerprint density at radius 1 is 1.30 bits per heavy atom. The summed E-state index contributed by atoms with van der Waals surface area (Å²) in [5.74, 6) is 0. The molecule has 0 bridgehead atoms. The molecule has 0 unspecified atom stereocenters. The molecule has 10 heavy (non-hydrogen) atoms. The highest BCUT2D eigenvalue weighted by Crippen LogP contribution is 2.35. The second-order valence-corrected chi connectivity index (χ2v) is 3.33. The Morgan fingerprint density at radius 3 is 2.70 bits per heavy atom. The van der Waals surface area contributed by atoms with Gasteiger partial charge in [-0.05, 0) is 32.4 Å². The highest BCUT2D eigenvalue weighted by atomic mass is 16.5. The van der Waals surface area contributed by atoms with Crippen LogP contribution in [0.25, 0.3) is 0 Å². The molecular weight excluding hydrogens is 126 g/mol. The van der Waals surface area contributed by atoms with E-state index >= 15 is 0 Å². The lowest BCUT2D eigenvalue weighted by atomic mass is 9.79. The lowest BCUT2D eigenvalue weighted by molar-refractivity contribution is 0.131. The largest absolute Gasteiger partial charge is 0.381 e. The van der Waals surface area contributed by atoms with Crippen LogP contribution in [-0.4, -0.2) is 26.3 Å². The predicted octanol–water partition coefficient (Wildman–Crippen LogP) is 0.591. The molecule has 2 nitrogen and oxygen atoms in total. The van der Waals surface area contributed by atoms with E-state index in [0.29, 0.717) is 5.41 Å². The minimum atomic E-state index is 0.464. The van der Waals surface area contributed by atoms with Gasteiger partial charge >= 0.3 is 0 Å². The van der Waals surface area contributed by atoms with Gasteiger partial charge in [-0.3, -0.25) is 0 Å². The van der Waals surface area contributed by atoms with Crippen molar-refractivity contribution < 1.29 is 4.74 Å². The van der Waals surface area contributed by atoms with E-state index in [2.05, 4.69) is 11.7 Å². The smallest absolute Gasteiger partial charge is 0.0527 e. The summed E-state index contributed by atoms with van der Waals surface area (Å²) in [5.41, 5.74) is 0.464. The SMILES string of the molecule is [CH]1COCC12CCNCC2. The molecule has 1 spiro atoms. The van der Waals surface area contributed by atoms with Crippen molar-refractivity contribution in [3.8, 4) is 0 Å². The maximum atomic E-state index is 5.35. The van der Waals surface area contributed by atoms with Gasteiger partial charge < -0.3 is 10.1 Å². The van der Waals surface area contributed by atoms with Crippen LogP contribution in [0.1, 0.15) is 12.8 Å². The summed E-state index contributed by atoms with van der Waals surface area (Å²) in [6.45, 7) is 4.18. The number of ether oxygens (including phenoxy) is 1. The van der Waals surface area contributed by atoms with E-state index < -0.39 is 0 Å². The zero-order valence-corrected chi connectivity index (χ0v) is 6.23. The van der Waals surface area contributed by atoms with Gasteiger partial charge in [0.2, 0.25) is 0 Å². The van der Waals surface area contributed by atoms with E-state index in [9.17, 15) is 0 Å². The van der Waals surface area contributed by atoms with Crippen molar-refractivity contribution in [2.24, 2.45) is 5.41 Å². The zero-order valence-electron chi connectivity index (χ0n) is 6.23. The lowest BCUT2D eigenvalue weighted by Crippen LogP contribution is -2.37. The summed E-state index contributed by atoms with van der Waals surface area (Å²) < 4.78 is 5.35. The molecule has 2 heterocycles. The fourth-order valence-corrected chi connectivity index (χ4v) is 1.83. The first kappa shape index (κ1) is 6.62. The molecule has 0 amide bonds. The molecule has 2 aliphatic heterocycles. The standard InChI is InChI=1S/C8H14NO/c1-4-9-5-2-8(1)3-6-10-7-8/h3,9H,1-2,4-7H2. The van der Waals surface area contributed by atoms with Crippen LogP contribution < -0.4 is 5.32 Å². The predicted molar refractivity (Wildman–Crippen MR) is 39.7 cm³/mol. The molecule has 0 aliphatic carbocycles. The van der Waals surface area contributed by atoms with E-state index in [1.807, 2.05) is 0 Å². The van der Waals surface area contributed by atoms with Gasteiger partial charge in [0.15, 0.2) is 0 Å². The maximum Gasteiger partial charge on any atom is 0.0527 e. The zero-order chi connectivity index (χ0) is 6.86. The number of hydrogen-bond donors (Lipinski definition) is 1. The van der Waals surface area contributed by atoms with Gasteiger partial charge in [-0.25, -0.2) is 0 Å². The van der Waals surface area contributed by atoms with E-state index in [4.69, 9.17) is 4.74 Å². The van der Waals surface area contributed by atoms with Gasteiger partial charge in [-0.2, -0.15) is 0 Å². The highest BCUT2D eigenvalue weighted by molar-refractivity contribution is 4.99. The van der Waals surface area contributed by atoms with Crippen molar-refractivity contribution in [3.05, 3.63) is 6.42 Å². The average molecular weight is 140 g/mol. The van der Waals surface area contributed by atoms with Crippen molar-refractivity contribution in [1.82, 2.24) is 5.32 Å². The molecule has 2 fully saturated rings. The van der Waals surface area contributed by atoms with Crippen LogP contribution in [0.2, 0.25) is 0 Å². The summed E-state index contributed by atoms with van der Waals surface area (Å²) in [6, 6.07) is 0. The highest BCUT2D eigenvalue weighted by Gasteiger charge is 2.35. The van der Waals surface area contributed by atoms with Crippen molar-refractivity contribution in [2.45, 2.75) is 12.8 Å². The molecule has 2 heteroatoms. The Labute approximate surface area is 61.9 Å². The molecule has 0 saturated carbocycles. The van der Waals surface area contributed by atoms with Gasteiger partial charge in [0, 0.05) is 5.41 Å². The van der Waals surface area contributed by atoms with Crippen LogP contribution in [0, 0.1) is 11.8 Å². The monoisotopic (exact) mass is 140 g/mol. The van der Waals surface area contributed by atoms with Crippen LogP contribution in [-0.2, 0) is 4.74 Å². The summed E-state index contributed by atoms with van der Waals surface area (Å²) >= 11 is 0. The first-order chi connectivity index (χ1) is 4.91. The maximum absolute atomic E-state index is 5.35. The normalized spacial score (nSPS) is 31.2. The third kappa shape index (κ3) is 1.06. The van der Waals surface area contributed by atoms with Crippen molar-refractivity contribution in [2.75, 3.05) is 26.3 Å². The molecule has 1 radical (unpaired) electrons. The van der Waals surface area contributed by atoms with Gasteiger partial charge in [0.25, 0.3) is 0 Å². The molecule has 2 rings (SSSR count). The first-order valence-corrected chi connectivity index (χ1v) is 4.04. The van der Waals surface area contributed by atoms with Crippen LogP contribution >= 0.6 is 0 Å². The molecule has 2 saturated heterocycles. The minimum Gasteiger partial charge on any atom is -0.381 e. The van der Waals surface area contributed by atoms with Crippen LogP contribution in [0.3, 0.4) is 0 Å². The molecular formula is C8H14NO. The average Bonchev–Trinajstić information content (AvgIpc) is 2.39. The second-order valence-electron chi connectivity index (χ2n) is 3.33. The van der Waals surface area contributed by atoms with Gasteiger partial charge in [-0.15, -0.1) is 0 Å². The van der Waals surface area contributed by atoms with Gasteiger partial charge in [0.05, 0.1) is 13.2 Å². The number of nitrogens with one attached hydrogen (secondary N) is 1. The molecule has 2 aliphatic rings.